The highest BCUT2D eigenvalue weighted by Gasteiger charge is 2.25. The number of aromatic nitrogens is 4. The number of aryl methyl sites for hydroxylation is 1. The molecule has 9 heteroatoms. The number of nitrogens with zero attached hydrogens (tertiary/aromatic N) is 3. The van der Waals surface area contributed by atoms with Crippen molar-refractivity contribution in [2.45, 2.75) is 19.3 Å². The molecule has 1 saturated heterocycles. The van der Waals surface area contributed by atoms with Gasteiger partial charge in [-0.05, 0) is 37.6 Å². The number of nitriles is 1. The van der Waals surface area contributed by atoms with Gasteiger partial charge in [-0.2, -0.15) is 15.5 Å². The number of nitrogens with one attached hydrogen (secondary N) is 4. The van der Waals surface area contributed by atoms with Gasteiger partial charge in [0, 0.05) is 17.8 Å². The Kier molecular flexibility index (Phi) is 4.93. The predicted octanol–water partition coefficient (Wildman–Crippen LogP) is 2.22. The van der Waals surface area contributed by atoms with Gasteiger partial charge >= 0.3 is 0 Å². The SMILES string of the molecule is Cc1cc2c(NC(=O)c3cn[nH]c3C3CCNC3)n[nH]c2cc1C#N.Cl. The maximum Gasteiger partial charge on any atom is 0.260 e. The fraction of sp³-hybridized carbons (Fsp3) is 0.294. The number of fused-ring (bicyclic) bond motifs is 1. The molecule has 1 unspecified atom stereocenters. The van der Waals surface area contributed by atoms with Crippen LogP contribution >= 0.6 is 12.4 Å². The number of benzene rings is 1. The molecule has 4 rings (SSSR count). The maximum atomic E-state index is 12.7. The number of H-pyrrole nitrogens is 2. The van der Waals surface area contributed by atoms with Crippen LogP contribution in [0.25, 0.3) is 10.9 Å². The Morgan fingerprint density at radius 1 is 1.38 bits per heavy atom. The van der Waals surface area contributed by atoms with Crippen molar-refractivity contribution in [3.63, 3.8) is 0 Å². The molecule has 4 N–H and O–H groups in total. The van der Waals surface area contributed by atoms with E-state index in [-0.39, 0.29) is 24.2 Å². The van der Waals surface area contributed by atoms with Crippen LogP contribution in [0.5, 0.6) is 0 Å². The number of carbonyl (C=O) groups is 1. The van der Waals surface area contributed by atoms with Gasteiger partial charge in [-0.25, -0.2) is 0 Å². The highest BCUT2D eigenvalue weighted by atomic mass is 35.5. The Hall–Kier alpha value is -2.89. The first-order valence-corrected chi connectivity index (χ1v) is 8.11. The fourth-order valence-electron chi connectivity index (χ4n) is 3.25. The number of rotatable bonds is 3. The van der Waals surface area contributed by atoms with Crippen LogP contribution in [0.4, 0.5) is 5.82 Å². The fourth-order valence-corrected chi connectivity index (χ4v) is 3.25. The number of hydrogen-bond donors (Lipinski definition) is 4. The third kappa shape index (κ3) is 3.03. The molecular weight excluding hydrogens is 354 g/mol. The summed E-state index contributed by atoms with van der Waals surface area (Å²) in [5.74, 6) is 0.468. The lowest BCUT2D eigenvalue weighted by atomic mass is 10.0. The molecule has 0 bridgehead atoms. The molecule has 3 aromatic rings. The zero-order chi connectivity index (χ0) is 17.4. The maximum absolute atomic E-state index is 12.7. The topological polar surface area (TPSA) is 122 Å². The summed E-state index contributed by atoms with van der Waals surface area (Å²) in [6.45, 7) is 3.64. The predicted molar refractivity (Wildman–Crippen MR) is 99.6 cm³/mol. The summed E-state index contributed by atoms with van der Waals surface area (Å²) < 4.78 is 0. The third-order valence-electron chi connectivity index (χ3n) is 4.64. The van der Waals surface area contributed by atoms with E-state index < -0.39 is 0 Å². The van der Waals surface area contributed by atoms with Crippen LogP contribution in [0.15, 0.2) is 18.3 Å². The normalized spacial score (nSPS) is 16.2. The minimum Gasteiger partial charge on any atom is -0.316 e. The Morgan fingerprint density at radius 2 is 2.23 bits per heavy atom. The lowest BCUT2D eigenvalue weighted by molar-refractivity contribution is 0.102. The number of carbonyl (C=O) groups excluding carboxylic acids is 1. The van der Waals surface area contributed by atoms with Crippen LogP contribution in [0, 0.1) is 18.3 Å². The lowest BCUT2D eigenvalue weighted by Crippen LogP contribution is -2.16. The van der Waals surface area contributed by atoms with Gasteiger partial charge in [-0.15, -0.1) is 12.4 Å². The molecule has 2 aromatic heterocycles. The summed E-state index contributed by atoms with van der Waals surface area (Å²) in [5.41, 5.74) is 3.53. The molecule has 1 atom stereocenters. The molecule has 8 nitrogen and oxygen atoms in total. The summed E-state index contributed by atoms with van der Waals surface area (Å²) in [6.07, 6.45) is 2.53. The summed E-state index contributed by atoms with van der Waals surface area (Å²) in [7, 11) is 0. The van der Waals surface area contributed by atoms with Crippen LogP contribution in [0.1, 0.15) is 39.5 Å². The van der Waals surface area contributed by atoms with Crippen molar-refractivity contribution >= 4 is 35.0 Å². The van der Waals surface area contributed by atoms with Gasteiger partial charge < -0.3 is 10.6 Å². The molecule has 1 aromatic carbocycles. The van der Waals surface area contributed by atoms with E-state index in [9.17, 15) is 4.79 Å². The number of halogens is 1. The van der Waals surface area contributed by atoms with Crippen LogP contribution < -0.4 is 10.6 Å². The van der Waals surface area contributed by atoms with Crippen molar-refractivity contribution in [2.24, 2.45) is 0 Å². The van der Waals surface area contributed by atoms with Gasteiger partial charge in [0.25, 0.3) is 5.91 Å². The van der Waals surface area contributed by atoms with Gasteiger partial charge in [0.15, 0.2) is 5.82 Å². The molecule has 1 fully saturated rings. The Balaban J connectivity index is 0.00000196. The molecule has 26 heavy (non-hydrogen) atoms. The van der Waals surface area contributed by atoms with Crippen molar-refractivity contribution in [3.8, 4) is 6.07 Å². The minimum atomic E-state index is -0.244. The molecule has 0 aliphatic carbocycles. The van der Waals surface area contributed by atoms with E-state index in [4.69, 9.17) is 5.26 Å². The van der Waals surface area contributed by atoms with E-state index in [0.29, 0.717) is 22.5 Å². The van der Waals surface area contributed by atoms with Crippen LogP contribution in [-0.2, 0) is 0 Å². The molecule has 0 radical (unpaired) electrons. The molecule has 3 heterocycles. The highest BCUT2D eigenvalue weighted by Crippen LogP contribution is 2.27. The quantitative estimate of drug-likeness (QED) is 0.562. The first kappa shape index (κ1) is 17.9. The highest BCUT2D eigenvalue weighted by molar-refractivity contribution is 6.08. The number of amides is 1. The van der Waals surface area contributed by atoms with Crippen LogP contribution in [0.2, 0.25) is 0 Å². The second-order valence-corrected chi connectivity index (χ2v) is 6.24. The monoisotopic (exact) mass is 371 g/mol. The second kappa shape index (κ2) is 7.15. The first-order valence-electron chi connectivity index (χ1n) is 8.11. The standard InChI is InChI=1S/C17H17N7O.ClH/c1-9-4-12-14(5-11(9)6-18)22-24-16(12)21-17(25)13-8-20-23-15(13)10-2-3-19-7-10;/h4-5,8,10,19H,2-3,7H2,1H3,(H,20,23)(H2,21,22,24,25);1H. The van der Waals surface area contributed by atoms with Gasteiger partial charge in [-0.1, -0.05) is 0 Å². The Labute approximate surface area is 155 Å². The molecule has 0 saturated carbocycles. The Morgan fingerprint density at radius 3 is 2.96 bits per heavy atom. The lowest BCUT2D eigenvalue weighted by Gasteiger charge is -2.09. The van der Waals surface area contributed by atoms with Crippen LogP contribution in [-0.4, -0.2) is 39.4 Å². The smallest absolute Gasteiger partial charge is 0.260 e. The number of hydrogen-bond acceptors (Lipinski definition) is 5. The third-order valence-corrected chi connectivity index (χ3v) is 4.64. The summed E-state index contributed by atoms with van der Waals surface area (Å²) >= 11 is 0. The molecular formula is C17H18ClN7O. The molecule has 1 amide bonds. The van der Waals surface area contributed by atoms with E-state index in [2.05, 4.69) is 37.1 Å². The molecule has 1 aliphatic rings. The van der Waals surface area contributed by atoms with Gasteiger partial charge in [0.2, 0.25) is 0 Å². The zero-order valence-corrected chi connectivity index (χ0v) is 14.9. The number of aromatic amines is 2. The van der Waals surface area contributed by atoms with Gasteiger partial charge in [-0.3, -0.25) is 15.0 Å². The Bertz CT molecular complexity index is 994. The average Bonchev–Trinajstić information content (AvgIpc) is 3.34. The van der Waals surface area contributed by atoms with E-state index >= 15 is 0 Å². The second-order valence-electron chi connectivity index (χ2n) is 6.24. The van der Waals surface area contributed by atoms with Crippen molar-refractivity contribution in [2.75, 3.05) is 18.4 Å². The van der Waals surface area contributed by atoms with Gasteiger partial charge in [0.05, 0.1) is 34.6 Å². The minimum absolute atomic E-state index is 0. The zero-order valence-electron chi connectivity index (χ0n) is 14.1. The van der Waals surface area contributed by atoms with E-state index in [0.717, 1.165) is 36.2 Å². The summed E-state index contributed by atoms with van der Waals surface area (Å²) in [5, 5.41) is 30.1. The van der Waals surface area contributed by atoms with Crippen molar-refractivity contribution in [1.82, 2.24) is 25.7 Å². The first-order chi connectivity index (χ1) is 12.2. The van der Waals surface area contributed by atoms with Gasteiger partial charge in [0.1, 0.15) is 0 Å². The summed E-state index contributed by atoms with van der Waals surface area (Å²) in [6, 6.07) is 5.73. The molecule has 1 aliphatic heterocycles. The average molecular weight is 372 g/mol. The molecule has 0 spiro atoms. The van der Waals surface area contributed by atoms with Crippen molar-refractivity contribution in [3.05, 3.63) is 40.7 Å². The molecule has 134 valence electrons. The van der Waals surface area contributed by atoms with Crippen molar-refractivity contribution in [1.29, 1.82) is 5.26 Å². The van der Waals surface area contributed by atoms with E-state index in [1.165, 1.54) is 0 Å². The van der Waals surface area contributed by atoms with E-state index in [1.807, 2.05) is 13.0 Å². The largest absolute Gasteiger partial charge is 0.316 e. The van der Waals surface area contributed by atoms with Crippen LogP contribution in [0.3, 0.4) is 0 Å². The number of anilines is 1. The van der Waals surface area contributed by atoms with E-state index in [1.54, 1.807) is 12.3 Å². The van der Waals surface area contributed by atoms with Crippen molar-refractivity contribution < 1.29 is 4.79 Å². The summed E-state index contributed by atoms with van der Waals surface area (Å²) in [4.78, 5) is 12.7.